The van der Waals surface area contributed by atoms with E-state index in [1.807, 2.05) is 60.7 Å². The van der Waals surface area contributed by atoms with Crippen molar-refractivity contribution < 1.29 is 4.57 Å². The molecule has 0 aliphatic heterocycles. The summed E-state index contributed by atoms with van der Waals surface area (Å²) in [5.41, 5.74) is 5.62. The number of hydrogen-bond acceptors (Lipinski definition) is 2. The Labute approximate surface area is 306 Å². The molecule has 52 heavy (non-hydrogen) atoms. The van der Waals surface area contributed by atoms with E-state index in [1.165, 1.54) is 75.8 Å². The summed E-state index contributed by atoms with van der Waals surface area (Å²) in [6.45, 7) is 0. The van der Waals surface area contributed by atoms with Crippen molar-refractivity contribution in [3.8, 4) is 11.1 Å². The summed E-state index contributed by atoms with van der Waals surface area (Å²) in [4.78, 5) is 1.17. The van der Waals surface area contributed by atoms with Crippen LogP contribution in [0, 0.1) is 0 Å². The van der Waals surface area contributed by atoms with Crippen molar-refractivity contribution in [1.29, 1.82) is 0 Å². The van der Waals surface area contributed by atoms with E-state index in [0.29, 0.717) is 0 Å². The summed E-state index contributed by atoms with van der Waals surface area (Å²) in [5.74, 6) is 0. The molecule has 1 heterocycles. The van der Waals surface area contributed by atoms with Gasteiger partial charge in [-0.3, -0.25) is 0 Å². The third-order valence-corrected chi connectivity index (χ3v) is 16.2. The SMILES string of the molecule is O=P(c1ccccc1)(c1ccccc1)c1ccc(C2(c3cc4cccc5c6cccc7cccc(c(c3)c45)c76)c3ccccc3-c3ccccc32)s1. The first-order chi connectivity index (χ1) is 25.7. The molecule has 0 N–H and O–H groups in total. The second-order valence-corrected chi connectivity index (χ2v) is 18.0. The quantitative estimate of drug-likeness (QED) is 0.0993. The molecule has 1 aliphatic carbocycles. The smallest absolute Gasteiger partial charge is 0.180 e. The van der Waals surface area contributed by atoms with Crippen LogP contribution >= 0.6 is 18.5 Å². The molecular weight excluding hydrogens is 668 g/mol. The molecule has 0 fully saturated rings. The van der Waals surface area contributed by atoms with E-state index in [9.17, 15) is 0 Å². The number of hydrogen-bond donors (Lipinski definition) is 0. The van der Waals surface area contributed by atoms with Crippen LogP contribution in [-0.4, -0.2) is 0 Å². The molecule has 0 amide bonds. The standard InChI is InChI=1S/C49H31OPS/c50-51(35-17-3-1-4-18-35,36-19-5-2-6-20-36)46-29-28-45(52-46)49(43-26-9-7-21-37(43)38-22-8-10-27-44(38)49)34-30-33-16-13-24-40-39-23-11-14-32-15-12-25-41(47(32)39)42(31-34)48(33)40/h1-31H. The second kappa shape index (κ2) is 11.1. The number of thiophene rings is 1. The molecule has 244 valence electrons. The van der Waals surface area contributed by atoms with Gasteiger partial charge >= 0.3 is 0 Å². The summed E-state index contributed by atoms with van der Waals surface area (Å²) in [6, 6.07) is 67.4. The van der Waals surface area contributed by atoms with Gasteiger partial charge in [0.2, 0.25) is 0 Å². The highest BCUT2D eigenvalue weighted by Gasteiger charge is 2.48. The Bertz CT molecular complexity index is 2960. The minimum atomic E-state index is -3.19. The highest BCUT2D eigenvalue weighted by Crippen LogP contribution is 2.59. The van der Waals surface area contributed by atoms with Crippen LogP contribution in [0.1, 0.15) is 21.6 Å². The van der Waals surface area contributed by atoms with Gasteiger partial charge in [-0.25, -0.2) is 0 Å². The van der Waals surface area contributed by atoms with E-state index in [4.69, 9.17) is 0 Å². The van der Waals surface area contributed by atoms with E-state index in [1.54, 1.807) is 11.3 Å². The number of benzene rings is 9. The molecular formula is C49H31OPS. The molecule has 0 unspecified atom stereocenters. The molecule has 1 nitrogen and oxygen atoms in total. The molecule has 11 rings (SSSR count). The lowest BCUT2D eigenvalue weighted by Crippen LogP contribution is -2.28. The first-order valence-electron chi connectivity index (χ1n) is 17.8. The van der Waals surface area contributed by atoms with Crippen LogP contribution in [-0.2, 0) is 9.98 Å². The van der Waals surface area contributed by atoms with Crippen LogP contribution in [0.3, 0.4) is 0 Å². The van der Waals surface area contributed by atoms with Gasteiger partial charge in [0.15, 0.2) is 7.14 Å². The average molecular weight is 699 g/mol. The third-order valence-electron chi connectivity index (χ3n) is 11.4. The molecule has 0 bridgehead atoms. The predicted octanol–water partition coefficient (Wildman–Crippen LogP) is 11.8. The first-order valence-corrected chi connectivity index (χ1v) is 20.3. The topological polar surface area (TPSA) is 17.1 Å². The van der Waals surface area contributed by atoms with Crippen molar-refractivity contribution in [2.24, 2.45) is 0 Å². The molecule has 0 saturated carbocycles. The number of fused-ring (bicyclic) bond motifs is 5. The van der Waals surface area contributed by atoms with Crippen LogP contribution in [0.4, 0.5) is 0 Å². The average Bonchev–Trinajstić information content (AvgIpc) is 3.83. The summed E-state index contributed by atoms with van der Waals surface area (Å²) >= 11 is 1.70. The summed E-state index contributed by atoms with van der Waals surface area (Å²) in [7, 11) is -3.19. The molecule has 1 aromatic heterocycles. The lowest BCUT2D eigenvalue weighted by atomic mass is 9.70. The van der Waals surface area contributed by atoms with Crippen LogP contribution in [0.5, 0.6) is 0 Å². The summed E-state index contributed by atoms with van der Waals surface area (Å²) in [6.07, 6.45) is 0. The van der Waals surface area contributed by atoms with Gasteiger partial charge in [-0.1, -0.05) is 164 Å². The van der Waals surface area contributed by atoms with Crippen molar-refractivity contribution in [3.63, 3.8) is 0 Å². The Kier molecular flexibility index (Phi) is 6.38. The van der Waals surface area contributed by atoms with Crippen LogP contribution < -0.4 is 15.2 Å². The van der Waals surface area contributed by atoms with Crippen molar-refractivity contribution in [3.05, 3.63) is 210 Å². The Morgan fingerprint density at radius 3 is 1.52 bits per heavy atom. The fourth-order valence-electron chi connectivity index (χ4n) is 9.20. The fourth-order valence-corrected chi connectivity index (χ4v) is 13.9. The largest absolute Gasteiger partial charge is 0.308 e. The maximum Gasteiger partial charge on any atom is 0.180 e. The van der Waals surface area contributed by atoms with Crippen LogP contribution in [0.2, 0.25) is 0 Å². The Hall–Kier alpha value is -5.79. The highest BCUT2D eigenvalue weighted by atomic mass is 32.1. The van der Waals surface area contributed by atoms with Gasteiger partial charge in [-0.15, -0.1) is 11.3 Å². The Balaban J connectivity index is 1.27. The maximum atomic E-state index is 15.7. The number of rotatable bonds is 5. The molecule has 1 aliphatic rings. The Morgan fingerprint density at radius 2 is 0.923 bits per heavy atom. The zero-order valence-corrected chi connectivity index (χ0v) is 29.9. The van der Waals surface area contributed by atoms with E-state index >= 15 is 4.57 Å². The van der Waals surface area contributed by atoms with E-state index < -0.39 is 12.6 Å². The van der Waals surface area contributed by atoms with E-state index in [0.717, 1.165) is 15.2 Å². The summed E-state index contributed by atoms with van der Waals surface area (Å²) < 4.78 is 16.6. The van der Waals surface area contributed by atoms with Gasteiger partial charge in [0.1, 0.15) is 0 Å². The third kappa shape index (κ3) is 3.91. The van der Waals surface area contributed by atoms with Gasteiger partial charge in [-0.2, -0.15) is 0 Å². The van der Waals surface area contributed by atoms with E-state index in [2.05, 4.69) is 127 Å². The van der Waals surface area contributed by atoms with Gasteiger partial charge in [0.25, 0.3) is 0 Å². The zero-order valence-electron chi connectivity index (χ0n) is 28.2. The minimum absolute atomic E-state index is 0.625. The normalized spacial score (nSPS) is 13.6. The molecule has 0 saturated heterocycles. The van der Waals surface area contributed by atoms with Crippen molar-refractivity contribution in [2.45, 2.75) is 5.41 Å². The lowest BCUT2D eigenvalue weighted by Gasteiger charge is -2.33. The summed E-state index contributed by atoms with van der Waals surface area (Å²) in [5, 5.41) is 11.9. The van der Waals surface area contributed by atoms with Gasteiger partial charge < -0.3 is 4.57 Å². The monoisotopic (exact) mass is 698 g/mol. The fraction of sp³-hybridized carbons (Fsp3) is 0.0204. The minimum Gasteiger partial charge on any atom is -0.308 e. The first kappa shape index (κ1) is 29.9. The van der Waals surface area contributed by atoms with Crippen LogP contribution in [0.25, 0.3) is 54.2 Å². The van der Waals surface area contributed by atoms with E-state index in [-0.39, 0.29) is 0 Å². The molecule has 0 radical (unpaired) electrons. The molecule has 3 heteroatoms. The van der Waals surface area contributed by atoms with Crippen molar-refractivity contribution >= 4 is 76.8 Å². The molecule has 0 atom stereocenters. The second-order valence-electron chi connectivity index (χ2n) is 13.9. The maximum absolute atomic E-state index is 15.7. The van der Waals surface area contributed by atoms with Gasteiger partial charge in [0, 0.05) is 15.5 Å². The zero-order chi connectivity index (χ0) is 34.4. The lowest BCUT2D eigenvalue weighted by molar-refractivity contribution is 0.593. The van der Waals surface area contributed by atoms with Gasteiger partial charge in [-0.05, 0) is 95.2 Å². The molecule has 0 spiro atoms. The predicted molar refractivity (Wildman–Crippen MR) is 222 cm³/mol. The van der Waals surface area contributed by atoms with Crippen molar-refractivity contribution in [1.82, 2.24) is 0 Å². The molecule has 10 aromatic rings. The van der Waals surface area contributed by atoms with Crippen LogP contribution in [0.15, 0.2) is 188 Å². The van der Waals surface area contributed by atoms with Crippen molar-refractivity contribution in [2.75, 3.05) is 0 Å². The van der Waals surface area contributed by atoms with Gasteiger partial charge in [0.05, 0.1) is 10.0 Å². The highest BCUT2D eigenvalue weighted by molar-refractivity contribution is 7.89. The Morgan fingerprint density at radius 1 is 0.423 bits per heavy atom. The molecule has 9 aromatic carbocycles.